The fourth-order valence-corrected chi connectivity index (χ4v) is 3.65. The highest BCUT2D eigenvalue weighted by Crippen LogP contribution is 2.30. The third kappa shape index (κ3) is 6.93. The van der Waals surface area contributed by atoms with Gasteiger partial charge in [-0.2, -0.15) is 5.26 Å². The molecule has 1 N–H and O–H groups in total. The summed E-state index contributed by atoms with van der Waals surface area (Å²) in [5.41, 5.74) is -0.438. The highest BCUT2D eigenvalue weighted by Gasteiger charge is 2.23. The number of benzene rings is 1. The van der Waals surface area contributed by atoms with Gasteiger partial charge in [-0.3, -0.25) is 5.32 Å². The summed E-state index contributed by atoms with van der Waals surface area (Å²) in [5.74, 6) is 0.975. The maximum absolute atomic E-state index is 9.29. The summed E-state index contributed by atoms with van der Waals surface area (Å²) in [6, 6.07) is 8.21. The van der Waals surface area contributed by atoms with Crippen LogP contribution in [0.4, 0.5) is 0 Å². The third-order valence-electron chi connectivity index (χ3n) is 3.08. The predicted molar refractivity (Wildman–Crippen MR) is 93.3 cm³/mol. The Balaban J connectivity index is 2.34. The highest BCUT2D eigenvalue weighted by atomic mass is 35.5. The summed E-state index contributed by atoms with van der Waals surface area (Å²) in [4.78, 5) is 1.02. The van der Waals surface area contributed by atoms with Crippen LogP contribution >= 0.6 is 35.0 Å². The number of nitrogens with one attached hydrogen (secondary N) is 1. The highest BCUT2D eigenvalue weighted by molar-refractivity contribution is 7.99. The zero-order valence-electron chi connectivity index (χ0n) is 12.7. The minimum absolute atomic E-state index is 0.314. The molecule has 0 radical (unpaired) electrons. The molecule has 116 valence electrons. The molecule has 0 aliphatic carbocycles. The third-order valence-corrected chi connectivity index (χ3v) is 4.89. The van der Waals surface area contributed by atoms with Gasteiger partial charge in [-0.05, 0) is 64.0 Å². The minimum Gasteiger partial charge on any atom is -0.297 e. The van der Waals surface area contributed by atoms with E-state index in [2.05, 4.69) is 25.2 Å². The second kappa shape index (κ2) is 8.90. The van der Waals surface area contributed by atoms with Crippen LogP contribution in [0.15, 0.2) is 23.1 Å². The van der Waals surface area contributed by atoms with E-state index in [1.807, 2.05) is 19.1 Å². The molecule has 0 bridgehead atoms. The van der Waals surface area contributed by atoms with Crippen molar-refractivity contribution in [2.24, 2.45) is 0 Å². The second-order valence-corrected chi connectivity index (χ2v) is 7.60. The number of nitriles is 1. The van der Waals surface area contributed by atoms with Gasteiger partial charge in [-0.1, -0.05) is 23.2 Å². The molecule has 5 heteroatoms. The fraction of sp³-hybridized carbons (Fsp3) is 0.562. The van der Waals surface area contributed by atoms with Crippen molar-refractivity contribution >= 4 is 35.0 Å². The van der Waals surface area contributed by atoms with Crippen molar-refractivity contribution in [2.45, 2.75) is 56.5 Å². The lowest BCUT2D eigenvalue weighted by Gasteiger charge is -2.25. The number of hydrogen-bond acceptors (Lipinski definition) is 3. The van der Waals surface area contributed by atoms with Crippen molar-refractivity contribution in [3.05, 3.63) is 28.2 Å². The van der Waals surface area contributed by atoms with Gasteiger partial charge in [0.25, 0.3) is 0 Å². The van der Waals surface area contributed by atoms with Crippen molar-refractivity contribution < 1.29 is 0 Å². The van der Waals surface area contributed by atoms with E-state index in [0.717, 1.165) is 34.9 Å². The smallest absolute Gasteiger partial charge is 0.104 e. The number of halogens is 2. The van der Waals surface area contributed by atoms with Gasteiger partial charge in [-0.15, -0.1) is 11.8 Å². The predicted octanol–water partition coefficient (Wildman–Crippen LogP) is 5.54. The summed E-state index contributed by atoms with van der Waals surface area (Å²) < 4.78 is 0. The standard InChI is InChI=1S/C16H22Cl2N2S/c1-12(2)20-16(3,11-19)8-4-5-9-21-15-10-13(17)6-7-14(15)18/h6-7,10,12,20H,4-5,8-9H2,1-3H3. The van der Waals surface area contributed by atoms with Crippen LogP contribution in [0.2, 0.25) is 10.0 Å². The molecule has 0 heterocycles. The van der Waals surface area contributed by atoms with Crippen molar-refractivity contribution in [1.29, 1.82) is 5.26 Å². The lowest BCUT2D eigenvalue weighted by atomic mass is 9.96. The molecule has 0 aromatic heterocycles. The van der Waals surface area contributed by atoms with E-state index < -0.39 is 5.54 Å². The summed E-state index contributed by atoms with van der Waals surface area (Å²) in [5, 5.41) is 14.1. The Morgan fingerprint density at radius 3 is 2.67 bits per heavy atom. The minimum atomic E-state index is -0.438. The molecule has 0 saturated heterocycles. The molecule has 21 heavy (non-hydrogen) atoms. The van der Waals surface area contributed by atoms with E-state index in [9.17, 15) is 5.26 Å². The first-order valence-corrected chi connectivity index (χ1v) is 8.87. The summed E-state index contributed by atoms with van der Waals surface area (Å²) in [6.45, 7) is 6.09. The molecule has 0 aliphatic rings. The summed E-state index contributed by atoms with van der Waals surface area (Å²) in [7, 11) is 0. The Hall–Kier alpha value is -0.400. The Morgan fingerprint density at radius 1 is 1.33 bits per heavy atom. The van der Waals surface area contributed by atoms with Gasteiger partial charge in [0.05, 0.1) is 11.1 Å². The van der Waals surface area contributed by atoms with Crippen LogP contribution in [0.1, 0.15) is 40.0 Å². The first-order chi connectivity index (χ1) is 9.86. The lowest BCUT2D eigenvalue weighted by molar-refractivity contribution is 0.372. The summed E-state index contributed by atoms with van der Waals surface area (Å²) >= 11 is 13.8. The van der Waals surface area contributed by atoms with Crippen LogP contribution < -0.4 is 5.32 Å². The molecule has 0 spiro atoms. The fourth-order valence-electron chi connectivity index (χ4n) is 2.15. The van der Waals surface area contributed by atoms with Crippen LogP contribution in [0.3, 0.4) is 0 Å². The molecule has 0 saturated carbocycles. The molecule has 1 aromatic rings. The number of thioether (sulfide) groups is 1. The van der Waals surface area contributed by atoms with Gasteiger partial charge in [0.15, 0.2) is 0 Å². The van der Waals surface area contributed by atoms with E-state index in [1.54, 1.807) is 17.8 Å². The van der Waals surface area contributed by atoms with Crippen molar-refractivity contribution in [3.8, 4) is 6.07 Å². The van der Waals surface area contributed by atoms with Gasteiger partial charge in [0.1, 0.15) is 5.54 Å². The zero-order valence-corrected chi connectivity index (χ0v) is 15.1. The van der Waals surface area contributed by atoms with Crippen LogP contribution in [0.25, 0.3) is 0 Å². The van der Waals surface area contributed by atoms with E-state index in [1.165, 1.54) is 0 Å². The average molecular weight is 345 g/mol. The summed E-state index contributed by atoms with van der Waals surface area (Å²) in [6.07, 6.45) is 2.91. The topological polar surface area (TPSA) is 35.8 Å². The lowest BCUT2D eigenvalue weighted by Crippen LogP contribution is -2.44. The molecule has 1 aromatic carbocycles. The zero-order chi connectivity index (χ0) is 15.9. The molecule has 2 nitrogen and oxygen atoms in total. The molecule has 0 aliphatic heterocycles. The molecule has 1 unspecified atom stereocenters. The average Bonchev–Trinajstić information content (AvgIpc) is 2.41. The normalized spacial score (nSPS) is 14.0. The Labute approximate surface area is 142 Å². The van der Waals surface area contributed by atoms with Crippen LogP contribution in [0.5, 0.6) is 0 Å². The molecule has 0 fully saturated rings. The first-order valence-electron chi connectivity index (χ1n) is 7.13. The van der Waals surface area contributed by atoms with Crippen molar-refractivity contribution in [2.75, 3.05) is 5.75 Å². The van der Waals surface area contributed by atoms with Crippen LogP contribution in [-0.4, -0.2) is 17.3 Å². The molecular formula is C16H22Cl2N2S. The number of nitrogens with zero attached hydrogens (tertiary/aromatic N) is 1. The maximum atomic E-state index is 9.29. The Bertz CT molecular complexity index is 500. The largest absolute Gasteiger partial charge is 0.297 e. The van der Waals surface area contributed by atoms with Gasteiger partial charge < -0.3 is 0 Å². The van der Waals surface area contributed by atoms with Crippen molar-refractivity contribution in [1.82, 2.24) is 5.32 Å². The molecular weight excluding hydrogens is 323 g/mol. The Morgan fingerprint density at radius 2 is 2.05 bits per heavy atom. The SMILES string of the molecule is CC(C)NC(C)(C#N)CCCCSc1cc(Cl)ccc1Cl. The Kier molecular flexibility index (Phi) is 7.90. The van der Waals surface area contributed by atoms with Gasteiger partial charge >= 0.3 is 0 Å². The van der Waals surface area contributed by atoms with Gasteiger partial charge in [-0.25, -0.2) is 0 Å². The van der Waals surface area contributed by atoms with E-state index in [-0.39, 0.29) is 0 Å². The molecule has 1 atom stereocenters. The van der Waals surface area contributed by atoms with E-state index in [4.69, 9.17) is 23.2 Å². The van der Waals surface area contributed by atoms with Crippen LogP contribution in [-0.2, 0) is 0 Å². The molecule has 0 amide bonds. The molecule has 1 rings (SSSR count). The van der Waals surface area contributed by atoms with E-state index in [0.29, 0.717) is 11.1 Å². The monoisotopic (exact) mass is 344 g/mol. The van der Waals surface area contributed by atoms with Gasteiger partial charge in [0, 0.05) is 16.0 Å². The first kappa shape index (κ1) is 18.6. The van der Waals surface area contributed by atoms with Gasteiger partial charge in [0.2, 0.25) is 0 Å². The van der Waals surface area contributed by atoms with Crippen molar-refractivity contribution in [3.63, 3.8) is 0 Å². The quantitative estimate of drug-likeness (QED) is 0.497. The maximum Gasteiger partial charge on any atom is 0.104 e. The van der Waals surface area contributed by atoms with Crippen LogP contribution in [0, 0.1) is 11.3 Å². The number of hydrogen-bond donors (Lipinski definition) is 1. The number of rotatable bonds is 8. The van der Waals surface area contributed by atoms with E-state index >= 15 is 0 Å². The number of unbranched alkanes of at least 4 members (excludes halogenated alkanes) is 1. The second-order valence-electron chi connectivity index (χ2n) is 5.62.